The van der Waals surface area contributed by atoms with Crippen LogP contribution in [0.1, 0.15) is 6.92 Å². The fourth-order valence-corrected chi connectivity index (χ4v) is 4.11. The van der Waals surface area contributed by atoms with E-state index in [0.29, 0.717) is 11.7 Å². The van der Waals surface area contributed by atoms with Gasteiger partial charge in [0, 0.05) is 23.2 Å². The molecule has 0 spiro atoms. The first-order chi connectivity index (χ1) is 14.7. The molecule has 4 aromatic rings. The summed E-state index contributed by atoms with van der Waals surface area (Å²) in [5.41, 5.74) is 1.79. The first kappa shape index (κ1) is 19.9. The maximum absolute atomic E-state index is 12.9. The van der Waals surface area contributed by atoms with Gasteiger partial charge in [0.25, 0.3) is 0 Å². The Morgan fingerprint density at radius 2 is 1.80 bits per heavy atom. The molecule has 0 aliphatic carbocycles. The number of carbonyl (C=O) groups excluding carboxylic acids is 1. The summed E-state index contributed by atoms with van der Waals surface area (Å²) in [5.74, 6) is 0.686. The largest absolute Gasteiger partial charge is 0.325 e. The molecule has 0 bridgehead atoms. The predicted molar refractivity (Wildman–Crippen MR) is 124 cm³/mol. The van der Waals surface area contributed by atoms with E-state index in [1.807, 2.05) is 84.3 Å². The normalized spacial score (nSPS) is 11.9. The van der Waals surface area contributed by atoms with Crippen molar-refractivity contribution in [3.63, 3.8) is 0 Å². The fraction of sp³-hybridized carbons (Fsp3) is 0.125. The number of hydrogen-bond donors (Lipinski definition) is 1. The molecule has 30 heavy (non-hydrogen) atoms. The number of carbonyl (C=O) groups is 1. The molecule has 5 nitrogen and oxygen atoms in total. The summed E-state index contributed by atoms with van der Waals surface area (Å²) in [6.07, 6.45) is 1.81. The summed E-state index contributed by atoms with van der Waals surface area (Å²) in [6.45, 7) is 6.29. The van der Waals surface area contributed by atoms with Crippen LogP contribution in [-0.2, 0) is 11.3 Å². The highest BCUT2D eigenvalue weighted by molar-refractivity contribution is 8.00. The average Bonchev–Trinajstić information content (AvgIpc) is 3.17. The second-order valence-electron chi connectivity index (χ2n) is 6.85. The van der Waals surface area contributed by atoms with Crippen LogP contribution in [0.3, 0.4) is 0 Å². The van der Waals surface area contributed by atoms with Crippen LogP contribution < -0.4 is 5.32 Å². The molecule has 1 N–H and O–H groups in total. The summed E-state index contributed by atoms with van der Waals surface area (Å²) in [7, 11) is 0. The van der Waals surface area contributed by atoms with Gasteiger partial charge in [-0.2, -0.15) is 0 Å². The topological polar surface area (TPSA) is 59.8 Å². The number of fused-ring (bicyclic) bond motifs is 1. The Bertz CT molecular complexity index is 1180. The molecule has 0 saturated heterocycles. The minimum atomic E-state index is -0.347. The van der Waals surface area contributed by atoms with Crippen molar-refractivity contribution < 1.29 is 4.79 Å². The lowest BCUT2D eigenvalue weighted by Crippen LogP contribution is -2.23. The highest BCUT2D eigenvalue weighted by atomic mass is 32.2. The second-order valence-corrected chi connectivity index (χ2v) is 8.16. The van der Waals surface area contributed by atoms with Crippen LogP contribution in [0.5, 0.6) is 0 Å². The lowest BCUT2D eigenvalue weighted by atomic mass is 10.1. The van der Waals surface area contributed by atoms with Gasteiger partial charge in [-0.1, -0.05) is 84.6 Å². The quantitative estimate of drug-likeness (QED) is 0.325. The highest BCUT2D eigenvalue weighted by Gasteiger charge is 2.21. The van der Waals surface area contributed by atoms with Crippen LogP contribution in [0.25, 0.3) is 22.2 Å². The number of nitrogens with zero attached hydrogens (tertiary/aromatic N) is 3. The SMILES string of the molecule is C=CCn1c(SC(C)C(=O)Nc2cccc3ccccc23)nnc1-c1ccccc1. The smallest absolute Gasteiger partial charge is 0.237 e. The third-order valence-electron chi connectivity index (χ3n) is 4.76. The standard InChI is InChI=1S/C24H22N4OS/c1-3-16-28-22(19-11-5-4-6-12-19)26-27-24(28)30-17(2)23(29)25-21-15-9-13-18-10-7-8-14-20(18)21/h3-15,17H,1,16H2,2H3,(H,25,29). The van der Waals surface area contributed by atoms with Gasteiger partial charge in [0.1, 0.15) is 0 Å². The third kappa shape index (κ3) is 4.14. The molecule has 1 heterocycles. The molecular formula is C24H22N4OS. The van der Waals surface area contributed by atoms with Gasteiger partial charge in [-0.25, -0.2) is 0 Å². The van der Waals surface area contributed by atoms with Crippen LogP contribution in [0, 0.1) is 0 Å². The van der Waals surface area contributed by atoms with E-state index in [2.05, 4.69) is 22.1 Å². The predicted octanol–water partition coefficient (Wildman–Crippen LogP) is 5.40. The zero-order valence-electron chi connectivity index (χ0n) is 16.7. The van der Waals surface area contributed by atoms with Crippen molar-refractivity contribution in [1.82, 2.24) is 14.8 Å². The molecule has 1 aromatic heterocycles. The number of hydrogen-bond acceptors (Lipinski definition) is 4. The molecule has 0 saturated carbocycles. The van der Waals surface area contributed by atoms with E-state index in [4.69, 9.17) is 0 Å². The van der Waals surface area contributed by atoms with E-state index in [1.54, 1.807) is 6.08 Å². The van der Waals surface area contributed by atoms with Crippen LogP contribution in [0.15, 0.2) is 90.6 Å². The molecule has 3 aromatic carbocycles. The molecule has 6 heteroatoms. The van der Waals surface area contributed by atoms with Crippen LogP contribution >= 0.6 is 11.8 Å². The van der Waals surface area contributed by atoms with E-state index in [-0.39, 0.29) is 11.2 Å². The molecular weight excluding hydrogens is 392 g/mol. The Balaban J connectivity index is 1.55. The Labute approximate surface area is 179 Å². The summed E-state index contributed by atoms with van der Waals surface area (Å²) < 4.78 is 1.98. The van der Waals surface area contributed by atoms with Gasteiger partial charge in [-0.15, -0.1) is 16.8 Å². The minimum Gasteiger partial charge on any atom is -0.325 e. The molecule has 0 aliphatic rings. The summed E-state index contributed by atoms with van der Waals surface area (Å²) >= 11 is 1.39. The molecule has 150 valence electrons. The maximum Gasteiger partial charge on any atom is 0.237 e. The number of thioether (sulfide) groups is 1. The fourth-order valence-electron chi connectivity index (χ4n) is 3.25. The molecule has 0 radical (unpaired) electrons. The molecule has 1 amide bonds. The van der Waals surface area contributed by atoms with Crippen LogP contribution in [0.4, 0.5) is 5.69 Å². The molecule has 4 rings (SSSR count). The van der Waals surface area contributed by atoms with Crippen molar-refractivity contribution in [2.24, 2.45) is 0 Å². The number of nitrogens with one attached hydrogen (secondary N) is 1. The Kier molecular flexibility index (Phi) is 5.95. The molecule has 1 atom stereocenters. The van der Waals surface area contributed by atoms with Crippen molar-refractivity contribution in [2.75, 3.05) is 5.32 Å². The zero-order chi connectivity index (χ0) is 20.9. The summed E-state index contributed by atoms with van der Waals surface area (Å²) in [4.78, 5) is 12.9. The van der Waals surface area contributed by atoms with Crippen LogP contribution in [0.2, 0.25) is 0 Å². The number of amides is 1. The average molecular weight is 415 g/mol. The first-order valence-corrected chi connectivity index (χ1v) is 10.6. The van der Waals surface area contributed by atoms with Gasteiger partial charge < -0.3 is 5.32 Å². The van der Waals surface area contributed by atoms with Crippen molar-refractivity contribution in [2.45, 2.75) is 23.9 Å². The van der Waals surface area contributed by atoms with Gasteiger partial charge in [-0.3, -0.25) is 9.36 Å². The number of aromatic nitrogens is 3. The Morgan fingerprint density at radius 1 is 1.07 bits per heavy atom. The van der Waals surface area contributed by atoms with Crippen molar-refractivity contribution in [1.29, 1.82) is 0 Å². The summed E-state index contributed by atoms with van der Waals surface area (Å²) in [6, 6.07) is 23.8. The van der Waals surface area contributed by atoms with Gasteiger partial charge in [-0.05, 0) is 18.4 Å². The van der Waals surface area contributed by atoms with E-state index in [1.165, 1.54) is 11.8 Å². The molecule has 0 fully saturated rings. The van der Waals surface area contributed by atoms with Gasteiger partial charge in [0.2, 0.25) is 5.91 Å². The lowest BCUT2D eigenvalue weighted by molar-refractivity contribution is -0.115. The second kappa shape index (κ2) is 8.97. The minimum absolute atomic E-state index is 0.0780. The third-order valence-corrected chi connectivity index (χ3v) is 5.84. The van der Waals surface area contributed by atoms with Crippen LogP contribution in [-0.4, -0.2) is 25.9 Å². The van der Waals surface area contributed by atoms with E-state index < -0.39 is 0 Å². The van der Waals surface area contributed by atoms with Crippen molar-refractivity contribution in [3.05, 3.63) is 85.5 Å². The zero-order valence-corrected chi connectivity index (χ0v) is 17.5. The van der Waals surface area contributed by atoms with Crippen molar-refractivity contribution in [3.8, 4) is 11.4 Å². The van der Waals surface area contributed by atoms with E-state index in [0.717, 1.165) is 27.8 Å². The number of rotatable bonds is 7. The Hall–Kier alpha value is -3.38. The molecule has 0 aliphatic heterocycles. The highest BCUT2D eigenvalue weighted by Crippen LogP contribution is 2.28. The number of anilines is 1. The lowest BCUT2D eigenvalue weighted by Gasteiger charge is -2.14. The van der Waals surface area contributed by atoms with E-state index >= 15 is 0 Å². The molecule has 1 unspecified atom stereocenters. The van der Waals surface area contributed by atoms with E-state index in [9.17, 15) is 4.79 Å². The van der Waals surface area contributed by atoms with Crippen molar-refractivity contribution >= 4 is 34.1 Å². The maximum atomic E-state index is 12.9. The van der Waals surface area contributed by atoms with Gasteiger partial charge >= 0.3 is 0 Å². The summed E-state index contributed by atoms with van der Waals surface area (Å²) in [5, 5.41) is 14.2. The number of allylic oxidation sites excluding steroid dienone is 1. The monoisotopic (exact) mass is 414 g/mol. The van der Waals surface area contributed by atoms with Gasteiger partial charge in [0.15, 0.2) is 11.0 Å². The number of benzene rings is 3. The first-order valence-electron chi connectivity index (χ1n) is 9.72. The van der Waals surface area contributed by atoms with Gasteiger partial charge in [0.05, 0.1) is 5.25 Å². The Morgan fingerprint density at radius 3 is 2.60 bits per heavy atom.